The van der Waals surface area contributed by atoms with E-state index in [1.54, 1.807) is 0 Å². The monoisotopic (exact) mass is 382 g/mol. The standard InChI is InChI=1S/C22H30N4O2/c1-15(2)18-7-5-6-16(3)20(18)24-19-14-17(4)23-21(25-19)26-10-8-22(9-11-26)27-12-13-28-22/h5-7,14-15H,8-13H2,1-4H3,(H,23,24,25). The van der Waals surface area contributed by atoms with Crippen molar-refractivity contribution < 1.29 is 9.47 Å². The number of aromatic nitrogens is 2. The molecule has 1 aromatic carbocycles. The van der Waals surface area contributed by atoms with Gasteiger partial charge in [0.05, 0.1) is 13.2 Å². The second kappa shape index (κ2) is 7.68. The normalized spacial score (nSPS) is 18.8. The van der Waals surface area contributed by atoms with Gasteiger partial charge in [-0.25, -0.2) is 4.98 Å². The minimum absolute atomic E-state index is 0.380. The molecule has 0 radical (unpaired) electrons. The minimum atomic E-state index is -0.380. The van der Waals surface area contributed by atoms with Crippen LogP contribution in [0.1, 0.15) is 49.4 Å². The third-order valence-electron chi connectivity index (χ3n) is 5.64. The van der Waals surface area contributed by atoms with E-state index in [1.807, 2.05) is 13.0 Å². The maximum Gasteiger partial charge on any atom is 0.227 e. The lowest BCUT2D eigenvalue weighted by Crippen LogP contribution is -2.45. The largest absolute Gasteiger partial charge is 0.347 e. The summed E-state index contributed by atoms with van der Waals surface area (Å²) < 4.78 is 11.7. The predicted octanol–water partition coefficient (Wildman–Crippen LogP) is 4.30. The van der Waals surface area contributed by atoms with Gasteiger partial charge in [-0.2, -0.15) is 4.98 Å². The topological polar surface area (TPSA) is 59.5 Å². The van der Waals surface area contributed by atoms with Gasteiger partial charge >= 0.3 is 0 Å². The van der Waals surface area contributed by atoms with Crippen LogP contribution in [-0.4, -0.2) is 42.1 Å². The fourth-order valence-electron chi connectivity index (χ4n) is 4.06. The first-order valence-electron chi connectivity index (χ1n) is 10.2. The van der Waals surface area contributed by atoms with Crippen LogP contribution in [0.15, 0.2) is 24.3 Å². The van der Waals surface area contributed by atoms with Crippen molar-refractivity contribution in [3.63, 3.8) is 0 Å². The van der Waals surface area contributed by atoms with Crippen molar-refractivity contribution in [3.8, 4) is 0 Å². The van der Waals surface area contributed by atoms with Gasteiger partial charge in [0.15, 0.2) is 5.79 Å². The molecule has 2 aliphatic rings. The molecule has 2 aromatic rings. The summed E-state index contributed by atoms with van der Waals surface area (Å²) in [6, 6.07) is 8.44. The average molecular weight is 383 g/mol. The first kappa shape index (κ1) is 19.2. The van der Waals surface area contributed by atoms with Gasteiger partial charge in [0.25, 0.3) is 0 Å². The lowest BCUT2D eigenvalue weighted by Gasteiger charge is -2.37. The van der Waals surface area contributed by atoms with Crippen LogP contribution in [0, 0.1) is 13.8 Å². The zero-order valence-electron chi connectivity index (χ0n) is 17.3. The number of benzene rings is 1. The van der Waals surface area contributed by atoms with Crippen molar-refractivity contribution in [2.45, 2.75) is 52.2 Å². The Morgan fingerprint density at radius 1 is 1.07 bits per heavy atom. The summed E-state index contributed by atoms with van der Waals surface area (Å²) in [5, 5.41) is 3.56. The highest BCUT2D eigenvalue weighted by Crippen LogP contribution is 2.33. The van der Waals surface area contributed by atoms with Crippen LogP contribution in [0.25, 0.3) is 0 Å². The SMILES string of the molecule is Cc1cc(Nc2c(C)cccc2C(C)C)nc(N2CCC3(CC2)OCCO3)n1. The third-order valence-corrected chi connectivity index (χ3v) is 5.64. The average Bonchev–Trinajstić information content (AvgIpc) is 3.11. The molecule has 0 bridgehead atoms. The summed E-state index contributed by atoms with van der Waals surface area (Å²) >= 11 is 0. The molecular formula is C22H30N4O2. The second-order valence-electron chi connectivity index (χ2n) is 8.11. The molecule has 1 N–H and O–H groups in total. The first-order chi connectivity index (χ1) is 13.5. The second-order valence-corrected chi connectivity index (χ2v) is 8.11. The van der Waals surface area contributed by atoms with E-state index in [0.29, 0.717) is 19.1 Å². The molecule has 3 heterocycles. The Morgan fingerprint density at radius 3 is 2.46 bits per heavy atom. The number of anilines is 3. The number of rotatable bonds is 4. The van der Waals surface area contributed by atoms with Crippen LogP contribution >= 0.6 is 0 Å². The van der Waals surface area contributed by atoms with E-state index >= 15 is 0 Å². The lowest BCUT2D eigenvalue weighted by molar-refractivity contribution is -0.169. The third kappa shape index (κ3) is 3.84. The number of nitrogens with one attached hydrogen (secondary N) is 1. The van der Waals surface area contributed by atoms with Crippen LogP contribution < -0.4 is 10.2 Å². The zero-order valence-corrected chi connectivity index (χ0v) is 17.3. The van der Waals surface area contributed by atoms with Crippen molar-refractivity contribution in [1.29, 1.82) is 0 Å². The smallest absolute Gasteiger partial charge is 0.227 e. The molecule has 1 aromatic heterocycles. The molecule has 4 rings (SSSR count). The van der Waals surface area contributed by atoms with Crippen LogP contribution in [0.4, 0.5) is 17.5 Å². The minimum Gasteiger partial charge on any atom is -0.347 e. The Morgan fingerprint density at radius 2 is 1.79 bits per heavy atom. The van der Waals surface area contributed by atoms with Crippen LogP contribution in [0.2, 0.25) is 0 Å². The van der Waals surface area contributed by atoms with E-state index in [-0.39, 0.29) is 5.79 Å². The van der Waals surface area contributed by atoms with Gasteiger partial charge in [-0.05, 0) is 30.9 Å². The summed E-state index contributed by atoms with van der Waals surface area (Å²) in [4.78, 5) is 11.8. The van der Waals surface area contributed by atoms with Gasteiger partial charge in [-0.15, -0.1) is 0 Å². The maximum atomic E-state index is 5.84. The molecule has 28 heavy (non-hydrogen) atoms. The van der Waals surface area contributed by atoms with Crippen LogP contribution in [0.3, 0.4) is 0 Å². The highest BCUT2D eigenvalue weighted by atomic mass is 16.7. The lowest BCUT2D eigenvalue weighted by atomic mass is 9.98. The summed E-state index contributed by atoms with van der Waals surface area (Å²) in [5.41, 5.74) is 4.63. The van der Waals surface area contributed by atoms with Gasteiger partial charge in [0, 0.05) is 43.4 Å². The molecule has 1 spiro atoms. The van der Waals surface area contributed by atoms with Gasteiger partial charge in [0.1, 0.15) is 5.82 Å². The van der Waals surface area contributed by atoms with Crippen molar-refractivity contribution in [2.24, 2.45) is 0 Å². The molecule has 0 saturated carbocycles. The number of hydrogen-bond acceptors (Lipinski definition) is 6. The number of aryl methyl sites for hydroxylation is 2. The number of para-hydroxylation sites is 1. The van der Waals surface area contributed by atoms with E-state index < -0.39 is 0 Å². The molecule has 150 valence electrons. The van der Waals surface area contributed by atoms with Crippen molar-refractivity contribution in [2.75, 3.05) is 36.5 Å². The quantitative estimate of drug-likeness (QED) is 0.851. The van der Waals surface area contributed by atoms with E-state index in [2.05, 4.69) is 54.2 Å². The highest BCUT2D eigenvalue weighted by Gasteiger charge is 2.40. The number of hydrogen-bond donors (Lipinski definition) is 1. The Kier molecular flexibility index (Phi) is 5.25. The zero-order chi connectivity index (χ0) is 19.7. The van der Waals surface area contributed by atoms with E-state index in [4.69, 9.17) is 14.5 Å². The Bertz CT molecular complexity index is 836. The molecular weight excluding hydrogens is 352 g/mol. The molecule has 0 unspecified atom stereocenters. The molecule has 0 aliphatic carbocycles. The number of piperidine rings is 1. The van der Waals surface area contributed by atoms with Gasteiger partial charge in [0.2, 0.25) is 5.95 Å². The van der Waals surface area contributed by atoms with Gasteiger partial charge in [-0.1, -0.05) is 32.0 Å². The molecule has 2 saturated heterocycles. The highest BCUT2D eigenvalue weighted by molar-refractivity contribution is 5.66. The summed E-state index contributed by atoms with van der Waals surface area (Å²) in [6.07, 6.45) is 1.70. The molecule has 0 atom stereocenters. The van der Waals surface area contributed by atoms with Crippen molar-refractivity contribution in [3.05, 3.63) is 41.1 Å². The molecule has 2 aliphatic heterocycles. The van der Waals surface area contributed by atoms with Crippen molar-refractivity contribution >= 4 is 17.5 Å². The summed E-state index contributed by atoms with van der Waals surface area (Å²) in [7, 11) is 0. The van der Waals surface area contributed by atoms with Gasteiger partial charge < -0.3 is 19.7 Å². The van der Waals surface area contributed by atoms with Crippen LogP contribution in [-0.2, 0) is 9.47 Å². The summed E-state index contributed by atoms with van der Waals surface area (Å²) in [5.74, 6) is 1.67. The Balaban J connectivity index is 1.55. The molecule has 0 amide bonds. The molecule has 2 fully saturated rings. The fraction of sp³-hybridized carbons (Fsp3) is 0.545. The molecule has 6 nitrogen and oxygen atoms in total. The molecule has 6 heteroatoms. The van der Waals surface area contributed by atoms with Crippen LogP contribution in [0.5, 0.6) is 0 Å². The first-order valence-corrected chi connectivity index (χ1v) is 10.2. The number of ether oxygens (including phenoxy) is 2. The summed E-state index contributed by atoms with van der Waals surface area (Å²) in [6.45, 7) is 11.7. The van der Waals surface area contributed by atoms with E-state index in [0.717, 1.165) is 49.1 Å². The van der Waals surface area contributed by atoms with E-state index in [1.165, 1.54) is 11.1 Å². The fourth-order valence-corrected chi connectivity index (χ4v) is 4.06. The number of nitrogens with zero attached hydrogens (tertiary/aromatic N) is 3. The Hall–Kier alpha value is -2.18. The Labute approximate surface area is 167 Å². The van der Waals surface area contributed by atoms with Crippen molar-refractivity contribution in [1.82, 2.24) is 9.97 Å². The van der Waals surface area contributed by atoms with Gasteiger partial charge in [-0.3, -0.25) is 0 Å². The predicted molar refractivity (Wildman–Crippen MR) is 111 cm³/mol. The van der Waals surface area contributed by atoms with E-state index in [9.17, 15) is 0 Å². The maximum absolute atomic E-state index is 5.84.